The van der Waals surface area contributed by atoms with Crippen molar-refractivity contribution in [2.45, 2.75) is 160 Å². The molecule has 3 aromatic carbocycles. The first-order valence-corrected chi connectivity index (χ1v) is 29.6. The lowest BCUT2D eigenvalue weighted by molar-refractivity contribution is -0.145. The summed E-state index contributed by atoms with van der Waals surface area (Å²) in [6.45, 7) is 8.04. The zero-order chi connectivity index (χ0) is 58.3. The van der Waals surface area contributed by atoms with Crippen LogP contribution in [-0.2, 0) is 48.4 Å². The van der Waals surface area contributed by atoms with Crippen LogP contribution in [-0.4, -0.2) is 83.4 Å². The first-order chi connectivity index (χ1) is 39.1. The van der Waals surface area contributed by atoms with Gasteiger partial charge in [-0.2, -0.15) is 15.3 Å². The number of amides is 3. The van der Waals surface area contributed by atoms with Gasteiger partial charge in [0.25, 0.3) is 11.8 Å². The van der Waals surface area contributed by atoms with Gasteiger partial charge in [0.05, 0.1) is 36.7 Å². The summed E-state index contributed by atoms with van der Waals surface area (Å²) in [7, 11) is 5.49. The first-order valence-electron chi connectivity index (χ1n) is 29.6. The summed E-state index contributed by atoms with van der Waals surface area (Å²) < 4.78 is 71.4. The number of alkyl halides is 4. The number of rotatable bonds is 16. The third kappa shape index (κ3) is 12.8. The van der Waals surface area contributed by atoms with E-state index in [1.807, 2.05) is 18.8 Å². The number of anilines is 3. The van der Waals surface area contributed by atoms with Crippen molar-refractivity contribution in [3.8, 4) is 33.8 Å². The van der Waals surface area contributed by atoms with Crippen LogP contribution in [0.3, 0.4) is 0 Å². The second kappa shape index (κ2) is 23.9. The van der Waals surface area contributed by atoms with E-state index in [4.69, 9.17) is 10.2 Å². The number of carbonyl (C=O) groups excluding carboxylic acids is 3. The molecule has 3 aromatic heterocycles. The number of nitrogens with one attached hydrogen (secondary N) is 3. The van der Waals surface area contributed by atoms with Crippen molar-refractivity contribution in [2.75, 3.05) is 35.6 Å². The average Bonchev–Trinajstić information content (AvgIpc) is 4.23. The summed E-state index contributed by atoms with van der Waals surface area (Å²) >= 11 is 0. The van der Waals surface area contributed by atoms with Crippen LogP contribution in [0.5, 0.6) is 0 Å². The van der Waals surface area contributed by atoms with Crippen molar-refractivity contribution in [1.82, 2.24) is 34.2 Å². The summed E-state index contributed by atoms with van der Waals surface area (Å²) in [6, 6.07) is 23.2. The third-order valence-electron chi connectivity index (χ3n) is 18.0. The highest BCUT2D eigenvalue weighted by Gasteiger charge is 2.49. The van der Waals surface area contributed by atoms with Gasteiger partial charge in [-0.05, 0) is 129 Å². The Bertz CT molecular complexity index is 3240. The normalized spacial score (nSPS) is 20.0. The average molecular weight is 1130 g/mol. The fourth-order valence-corrected chi connectivity index (χ4v) is 12.4. The van der Waals surface area contributed by atoms with Crippen molar-refractivity contribution < 1.29 is 36.3 Å². The molecule has 6 fully saturated rings. The monoisotopic (exact) mass is 1130 g/mol. The number of aryl methyl sites for hydroxylation is 5. The van der Waals surface area contributed by atoms with Crippen LogP contribution >= 0.6 is 0 Å². The highest BCUT2D eigenvalue weighted by atomic mass is 19.3. The molecule has 5 saturated carbocycles. The summed E-state index contributed by atoms with van der Waals surface area (Å²) in [4.78, 5) is 39.1. The number of likely N-dealkylation sites (tertiary alicyclic amines) is 1. The maximum Gasteiger partial charge on any atom is 0.272 e. The Hall–Kier alpha value is -6.69. The topological polar surface area (TPSA) is 144 Å². The second-order valence-corrected chi connectivity index (χ2v) is 24.8. The predicted octanol–water partition coefficient (Wildman–Crippen LogP) is 14.0. The van der Waals surface area contributed by atoms with E-state index >= 15 is 0 Å². The maximum absolute atomic E-state index is 13.5. The molecule has 1 unspecified atom stereocenters. The molecule has 3 N–H and O–H groups in total. The SMILES string of the molecule is CCc1ccc(-c2nn(C)c(NC(=O)C3CC(C)(C)C3)c2C2CCC2)cc1.CCc1ccc(-c2nn(C)c(NC(=O)CN3CC(F)(F)C3)c2C2CCC2)cc1.Cn1nc(-c2ccc(F)cc2)c(C2CCC2)c1NC(=O)CC1CCC1(F)F. The van der Waals surface area contributed by atoms with Gasteiger partial charge in [-0.3, -0.25) is 33.3 Å². The Morgan fingerprint density at radius 2 is 0.951 bits per heavy atom. The first kappa shape index (κ1) is 58.5. The molecule has 0 spiro atoms. The minimum atomic E-state index is -2.74. The Morgan fingerprint density at radius 1 is 0.561 bits per heavy atom. The highest BCUT2D eigenvalue weighted by molar-refractivity contribution is 5.95. The van der Waals surface area contributed by atoms with Crippen LogP contribution in [0.4, 0.5) is 39.4 Å². The molecule has 438 valence electrons. The molecule has 12 rings (SSSR count). The van der Waals surface area contributed by atoms with Crippen molar-refractivity contribution in [3.63, 3.8) is 0 Å². The molecule has 18 heteroatoms. The predicted molar refractivity (Wildman–Crippen MR) is 310 cm³/mol. The van der Waals surface area contributed by atoms with E-state index in [1.165, 1.54) is 59.4 Å². The molecule has 0 radical (unpaired) electrons. The van der Waals surface area contributed by atoms with Crippen molar-refractivity contribution in [2.24, 2.45) is 38.4 Å². The summed E-state index contributed by atoms with van der Waals surface area (Å²) in [5, 5.41) is 23.1. The Kier molecular flexibility index (Phi) is 17.0. The Labute approximate surface area is 478 Å². The van der Waals surface area contributed by atoms with Crippen LogP contribution < -0.4 is 16.0 Å². The van der Waals surface area contributed by atoms with Crippen LogP contribution in [0.2, 0.25) is 0 Å². The molecular weight excluding hydrogens is 1050 g/mol. The maximum atomic E-state index is 13.5. The molecule has 6 aliphatic rings. The fourth-order valence-electron chi connectivity index (χ4n) is 12.4. The minimum absolute atomic E-state index is 0.0224. The van der Waals surface area contributed by atoms with Crippen LogP contribution in [0, 0.1) is 23.1 Å². The van der Waals surface area contributed by atoms with Gasteiger partial charge in [0.15, 0.2) is 0 Å². The lowest BCUT2D eigenvalue weighted by Gasteiger charge is -2.41. The highest BCUT2D eigenvalue weighted by Crippen LogP contribution is 2.50. The molecule has 1 aliphatic heterocycles. The van der Waals surface area contributed by atoms with Gasteiger partial charge in [0.2, 0.25) is 17.7 Å². The third-order valence-corrected chi connectivity index (χ3v) is 18.0. The molecule has 5 aliphatic carbocycles. The van der Waals surface area contributed by atoms with Crippen molar-refractivity contribution >= 4 is 35.2 Å². The smallest absolute Gasteiger partial charge is 0.272 e. The van der Waals surface area contributed by atoms with E-state index in [9.17, 15) is 36.3 Å². The minimum Gasteiger partial charge on any atom is -0.311 e. The summed E-state index contributed by atoms with van der Waals surface area (Å²) in [5.74, 6) is -3.69. The Balaban J connectivity index is 0.000000138. The van der Waals surface area contributed by atoms with E-state index in [0.717, 1.165) is 103 Å². The molecule has 4 heterocycles. The van der Waals surface area contributed by atoms with E-state index < -0.39 is 23.7 Å². The largest absolute Gasteiger partial charge is 0.311 e. The van der Waals surface area contributed by atoms with Gasteiger partial charge < -0.3 is 16.0 Å². The number of benzene rings is 3. The molecule has 3 amide bonds. The van der Waals surface area contributed by atoms with Crippen molar-refractivity contribution in [1.29, 1.82) is 0 Å². The van der Waals surface area contributed by atoms with Crippen LogP contribution in [0.15, 0.2) is 72.8 Å². The van der Waals surface area contributed by atoms with Gasteiger partial charge >= 0.3 is 0 Å². The number of halogens is 5. The van der Waals surface area contributed by atoms with E-state index in [-0.39, 0.29) is 61.9 Å². The van der Waals surface area contributed by atoms with E-state index in [0.29, 0.717) is 41.0 Å². The fraction of sp³-hybridized carbons (Fsp3) is 0.531. The lowest BCUT2D eigenvalue weighted by atomic mass is 9.64. The van der Waals surface area contributed by atoms with Gasteiger partial charge in [-0.1, -0.05) is 95.5 Å². The zero-order valence-electron chi connectivity index (χ0n) is 48.5. The van der Waals surface area contributed by atoms with E-state index in [2.05, 4.69) is 97.3 Å². The molecule has 0 bridgehead atoms. The number of aromatic nitrogens is 6. The quantitative estimate of drug-likeness (QED) is 0.0819. The molecular formula is C64H79F5N10O3. The zero-order valence-corrected chi connectivity index (χ0v) is 48.5. The van der Waals surface area contributed by atoms with Crippen LogP contribution in [0.1, 0.15) is 163 Å². The van der Waals surface area contributed by atoms with E-state index in [1.54, 1.807) is 28.5 Å². The molecule has 13 nitrogen and oxygen atoms in total. The molecule has 6 aromatic rings. The standard InChI is InChI=1S/C23H31N3O.C21H26F2N4O.C20H22F3N3O/c1-5-15-9-11-17(12-10-15)20-19(16-7-6-8-16)21(26(4)25-20)24-22(27)18-13-23(2,3)14-18;1-3-14-7-9-16(10-8-14)19-18(15-5-4-6-15)20(26(2)25-19)24-17(28)11-27-12-21(22,23)13-27;1-26-19(24-16(27)11-14-9-10-20(14,22)23)17(12-3-2-4-12)18(25-26)13-5-7-15(21)8-6-13/h9-12,16,18H,5-8,13-14H2,1-4H3,(H,24,27);7-10,15H,3-6,11-13H2,1-2H3,(H,24,28);5-8,12,14H,2-4,9-11H2,1H3,(H,24,27). The van der Waals surface area contributed by atoms with Crippen LogP contribution in [0.25, 0.3) is 33.8 Å². The number of hydrogen-bond acceptors (Lipinski definition) is 7. The summed E-state index contributed by atoms with van der Waals surface area (Å²) in [6.07, 6.45) is 14.1. The molecule has 1 atom stereocenters. The van der Waals surface area contributed by atoms with Gasteiger partial charge in [0, 0.05) is 79.2 Å². The van der Waals surface area contributed by atoms with Gasteiger partial charge in [-0.15, -0.1) is 0 Å². The number of hydrogen-bond donors (Lipinski definition) is 3. The van der Waals surface area contributed by atoms with Gasteiger partial charge in [0.1, 0.15) is 23.3 Å². The molecule has 82 heavy (non-hydrogen) atoms. The Morgan fingerprint density at radius 3 is 1.28 bits per heavy atom. The number of nitrogens with zero attached hydrogens (tertiary/aromatic N) is 7. The second-order valence-electron chi connectivity index (χ2n) is 24.8. The number of carbonyl (C=O) groups is 3. The molecule has 1 saturated heterocycles. The van der Waals surface area contributed by atoms with Crippen molar-refractivity contribution in [3.05, 3.63) is 106 Å². The lowest BCUT2D eigenvalue weighted by Crippen LogP contribution is -2.57. The van der Waals surface area contributed by atoms with Gasteiger partial charge in [-0.25, -0.2) is 22.0 Å². The summed E-state index contributed by atoms with van der Waals surface area (Å²) in [5.41, 5.74) is 11.8.